The van der Waals surface area contributed by atoms with Crippen molar-refractivity contribution in [3.8, 4) is 0 Å². The summed E-state index contributed by atoms with van der Waals surface area (Å²) in [7, 11) is -2.04. The quantitative estimate of drug-likeness (QED) is 0.842. The molecule has 1 aromatic heterocycles. The minimum Gasteiger partial charge on any atom is -0.383 e. The smallest absolute Gasteiger partial charge is 0.242 e. The van der Waals surface area contributed by atoms with Gasteiger partial charge in [0.25, 0.3) is 0 Å². The Kier molecular flexibility index (Phi) is 4.14. The second-order valence-electron chi connectivity index (χ2n) is 4.23. The fourth-order valence-corrected chi connectivity index (χ4v) is 3.01. The van der Waals surface area contributed by atoms with Crippen molar-refractivity contribution in [2.75, 3.05) is 20.3 Å². The van der Waals surface area contributed by atoms with Gasteiger partial charge in [0.05, 0.1) is 12.1 Å². The molecule has 2 rings (SSSR count). The van der Waals surface area contributed by atoms with Gasteiger partial charge in [0.1, 0.15) is 4.90 Å². The summed E-state index contributed by atoms with van der Waals surface area (Å²) in [6.45, 7) is 2.49. The minimum atomic E-state index is -3.56. The van der Waals surface area contributed by atoms with Crippen LogP contribution in [-0.2, 0) is 14.8 Å². The number of fused-ring (bicyclic) bond motifs is 1. The van der Waals surface area contributed by atoms with E-state index in [1.54, 1.807) is 18.3 Å². The molecular formula is C13H16N2O3S. The third-order valence-corrected chi connectivity index (χ3v) is 4.19. The number of aromatic nitrogens is 1. The van der Waals surface area contributed by atoms with Gasteiger partial charge >= 0.3 is 0 Å². The van der Waals surface area contributed by atoms with Gasteiger partial charge in [-0.1, -0.05) is 12.1 Å². The summed E-state index contributed by atoms with van der Waals surface area (Å²) >= 11 is 0. The molecule has 0 bridgehead atoms. The predicted molar refractivity (Wildman–Crippen MR) is 73.5 cm³/mol. The Balaban J connectivity index is 2.44. The molecule has 1 N–H and O–H groups in total. The molecule has 0 aliphatic rings. The molecule has 0 radical (unpaired) electrons. The van der Waals surface area contributed by atoms with Gasteiger partial charge in [-0.3, -0.25) is 4.98 Å². The maximum Gasteiger partial charge on any atom is 0.242 e. The molecule has 0 saturated heterocycles. The number of hydrogen-bond donors (Lipinski definition) is 1. The lowest BCUT2D eigenvalue weighted by Crippen LogP contribution is -2.27. The number of sulfonamides is 1. The van der Waals surface area contributed by atoms with Crippen LogP contribution in [0.15, 0.2) is 35.4 Å². The van der Waals surface area contributed by atoms with Gasteiger partial charge in [-0.05, 0) is 24.6 Å². The number of benzene rings is 1. The van der Waals surface area contributed by atoms with Crippen LogP contribution in [-0.4, -0.2) is 33.7 Å². The summed E-state index contributed by atoms with van der Waals surface area (Å²) in [5.74, 6) is 0. The zero-order chi connectivity index (χ0) is 13.9. The first-order chi connectivity index (χ1) is 9.04. The number of aryl methyl sites for hydroxylation is 1. The van der Waals surface area contributed by atoms with Crippen molar-refractivity contribution in [3.63, 3.8) is 0 Å². The van der Waals surface area contributed by atoms with Crippen LogP contribution in [0.4, 0.5) is 0 Å². The van der Waals surface area contributed by atoms with Crippen LogP contribution in [0, 0.1) is 6.92 Å². The van der Waals surface area contributed by atoms with Gasteiger partial charge in [-0.2, -0.15) is 0 Å². The number of hydrogen-bond acceptors (Lipinski definition) is 4. The second kappa shape index (κ2) is 5.64. The first-order valence-corrected chi connectivity index (χ1v) is 7.37. The van der Waals surface area contributed by atoms with Crippen LogP contribution in [0.3, 0.4) is 0 Å². The number of pyridine rings is 1. The number of para-hydroxylation sites is 1. The van der Waals surface area contributed by atoms with Crippen molar-refractivity contribution in [2.24, 2.45) is 0 Å². The Morgan fingerprint density at radius 3 is 2.89 bits per heavy atom. The van der Waals surface area contributed by atoms with Crippen molar-refractivity contribution < 1.29 is 13.2 Å². The molecular weight excluding hydrogens is 264 g/mol. The highest BCUT2D eigenvalue weighted by Gasteiger charge is 2.17. The Labute approximate surface area is 112 Å². The molecule has 5 nitrogen and oxygen atoms in total. The highest BCUT2D eigenvalue weighted by Crippen LogP contribution is 2.21. The molecule has 0 aliphatic heterocycles. The van der Waals surface area contributed by atoms with Gasteiger partial charge in [0.2, 0.25) is 10.0 Å². The Bertz CT molecular complexity index is 683. The number of methoxy groups -OCH3 is 1. The Morgan fingerprint density at radius 2 is 2.16 bits per heavy atom. The van der Waals surface area contributed by atoms with Crippen LogP contribution >= 0.6 is 0 Å². The molecule has 0 spiro atoms. The summed E-state index contributed by atoms with van der Waals surface area (Å²) in [4.78, 5) is 4.42. The van der Waals surface area contributed by atoms with Gasteiger partial charge < -0.3 is 4.74 Å². The maximum absolute atomic E-state index is 12.2. The normalized spacial score (nSPS) is 11.9. The Hall–Kier alpha value is -1.50. The highest BCUT2D eigenvalue weighted by molar-refractivity contribution is 7.89. The molecule has 2 aromatic rings. The van der Waals surface area contributed by atoms with Crippen LogP contribution in [0.1, 0.15) is 5.56 Å². The van der Waals surface area contributed by atoms with Crippen LogP contribution in [0.2, 0.25) is 0 Å². The first-order valence-electron chi connectivity index (χ1n) is 5.88. The van der Waals surface area contributed by atoms with E-state index in [0.717, 1.165) is 10.9 Å². The van der Waals surface area contributed by atoms with Gasteiger partial charge in [-0.15, -0.1) is 0 Å². The summed E-state index contributed by atoms with van der Waals surface area (Å²) in [5, 5.41) is 0.814. The molecule has 102 valence electrons. The molecule has 0 fully saturated rings. The summed E-state index contributed by atoms with van der Waals surface area (Å²) in [5.41, 5.74) is 1.48. The number of ether oxygens (including phenoxy) is 1. The van der Waals surface area contributed by atoms with Crippen LogP contribution in [0.5, 0.6) is 0 Å². The van der Waals surface area contributed by atoms with Crippen molar-refractivity contribution >= 4 is 20.9 Å². The average Bonchev–Trinajstić information content (AvgIpc) is 2.37. The standard InChI is InChI=1S/C13H16N2O3S/c1-10-8-11-4-3-5-12(13(11)14-9-10)19(16,17)15-6-7-18-2/h3-5,8-9,15H,6-7H2,1-2H3. The van der Waals surface area contributed by atoms with E-state index in [-0.39, 0.29) is 11.4 Å². The lowest BCUT2D eigenvalue weighted by Gasteiger charge is -2.09. The van der Waals surface area contributed by atoms with Crippen LogP contribution < -0.4 is 4.72 Å². The third-order valence-electron chi connectivity index (χ3n) is 2.70. The lowest BCUT2D eigenvalue weighted by molar-refractivity contribution is 0.204. The average molecular weight is 280 g/mol. The molecule has 1 aromatic carbocycles. The molecule has 0 unspecified atom stereocenters. The molecule has 0 aliphatic carbocycles. The summed E-state index contributed by atoms with van der Waals surface area (Å²) in [6.07, 6.45) is 1.66. The van der Waals surface area contributed by atoms with E-state index in [0.29, 0.717) is 12.1 Å². The number of nitrogens with one attached hydrogen (secondary N) is 1. The third kappa shape index (κ3) is 3.09. The van der Waals surface area contributed by atoms with Gasteiger partial charge in [0, 0.05) is 25.2 Å². The molecule has 6 heteroatoms. The van der Waals surface area contributed by atoms with E-state index in [2.05, 4.69) is 9.71 Å². The first kappa shape index (κ1) is 13.9. The lowest BCUT2D eigenvalue weighted by atomic mass is 10.2. The highest BCUT2D eigenvalue weighted by atomic mass is 32.2. The summed E-state index contributed by atoms with van der Waals surface area (Å²) in [6, 6.07) is 7.04. The van der Waals surface area contributed by atoms with Crippen molar-refractivity contribution in [1.82, 2.24) is 9.71 Å². The SMILES string of the molecule is COCCNS(=O)(=O)c1cccc2cc(C)cnc12. The van der Waals surface area contributed by atoms with Crippen molar-refractivity contribution in [1.29, 1.82) is 0 Å². The molecule has 0 saturated carbocycles. The topological polar surface area (TPSA) is 68.3 Å². The van der Waals surface area contributed by atoms with E-state index in [1.165, 1.54) is 7.11 Å². The van der Waals surface area contributed by atoms with E-state index in [1.807, 2.05) is 19.1 Å². The molecule has 19 heavy (non-hydrogen) atoms. The molecule has 0 amide bonds. The largest absolute Gasteiger partial charge is 0.383 e. The Morgan fingerprint density at radius 1 is 1.37 bits per heavy atom. The molecule has 0 atom stereocenters. The van der Waals surface area contributed by atoms with E-state index in [4.69, 9.17) is 4.74 Å². The predicted octanol–water partition coefficient (Wildman–Crippen LogP) is 1.47. The minimum absolute atomic E-state index is 0.195. The van der Waals surface area contributed by atoms with Gasteiger partial charge in [0.15, 0.2) is 0 Å². The maximum atomic E-state index is 12.2. The fourth-order valence-electron chi connectivity index (χ4n) is 1.82. The number of rotatable bonds is 5. The molecule has 1 heterocycles. The zero-order valence-electron chi connectivity index (χ0n) is 10.9. The fraction of sp³-hybridized carbons (Fsp3) is 0.308. The zero-order valence-corrected chi connectivity index (χ0v) is 11.7. The van der Waals surface area contributed by atoms with Crippen molar-refractivity contribution in [2.45, 2.75) is 11.8 Å². The van der Waals surface area contributed by atoms with Crippen LogP contribution in [0.25, 0.3) is 10.9 Å². The monoisotopic (exact) mass is 280 g/mol. The second-order valence-corrected chi connectivity index (χ2v) is 5.97. The number of nitrogens with zero attached hydrogens (tertiary/aromatic N) is 1. The van der Waals surface area contributed by atoms with E-state index < -0.39 is 10.0 Å². The van der Waals surface area contributed by atoms with Crippen molar-refractivity contribution in [3.05, 3.63) is 36.0 Å². The summed E-state index contributed by atoms with van der Waals surface area (Å²) < 4.78 is 31.7. The van der Waals surface area contributed by atoms with Gasteiger partial charge in [-0.25, -0.2) is 13.1 Å². The van der Waals surface area contributed by atoms with E-state index >= 15 is 0 Å². The van der Waals surface area contributed by atoms with E-state index in [9.17, 15) is 8.42 Å².